The van der Waals surface area contributed by atoms with Gasteiger partial charge in [-0.05, 0) is 48.9 Å². The summed E-state index contributed by atoms with van der Waals surface area (Å²) in [6.45, 7) is 2.01. The van der Waals surface area contributed by atoms with Crippen LogP contribution in [0.15, 0.2) is 72.8 Å². The highest BCUT2D eigenvalue weighted by Crippen LogP contribution is 2.43. The van der Waals surface area contributed by atoms with Crippen LogP contribution in [-0.4, -0.2) is 27.8 Å². The molecule has 5 nitrogen and oxygen atoms in total. The average Bonchev–Trinajstić information content (AvgIpc) is 3.21. The van der Waals surface area contributed by atoms with Crippen molar-refractivity contribution in [2.45, 2.75) is 13.0 Å². The van der Waals surface area contributed by atoms with Crippen LogP contribution in [0.2, 0.25) is 5.02 Å². The second-order valence-electron chi connectivity index (χ2n) is 8.05. The van der Waals surface area contributed by atoms with E-state index in [9.17, 15) is 9.59 Å². The summed E-state index contributed by atoms with van der Waals surface area (Å²) in [7, 11) is 2.03. The molecule has 5 rings (SSSR count). The Bertz CT molecular complexity index is 1360. The van der Waals surface area contributed by atoms with Gasteiger partial charge in [0.25, 0.3) is 5.91 Å². The molecular formula is C26H22ClN3O2. The van der Waals surface area contributed by atoms with Crippen molar-refractivity contribution in [1.29, 1.82) is 0 Å². The van der Waals surface area contributed by atoms with Gasteiger partial charge in [-0.1, -0.05) is 48.0 Å². The smallest absolute Gasteiger partial charge is 0.255 e. The molecule has 0 saturated carbocycles. The van der Waals surface area contributed by atoms with Gasteiger partial charge in [-0.3, -0.25) is 9.59 Å². The van der Waals surface area contributed by atoms with Gasteiger partial charge in [-0.25, -0.2) is 0 Å². The highest BCUT2D eigenvalue weighted by atomic mass is 35.5. The third kappa shape index (κ3) is 3.26. The molecule has 0 radical (unpaired) electrons. The predicted molar refractivity (Wildman–Crippen MR) is 127 cm³/mol. The summed E-state index contributed by atoms with van der Waals surface area (Å²) < 4.78 is 2.14. The van der Waals surface area contributed by atoms with Crippen molar-refractivity contribution in [3.8, 4) is 0 Å². The molecule has 0 bridgehead atoms. The Balaban J connectivity index is 1.56. The van der Waals surface area contributed by atoms with Crippen LogP contribution in [0.3, 0.4) is 0 Å². The van der Waals surface area contributed by atoms with Crippen LogP contribution in [0.4, 0.5) is 5.69 Å². The first-order valence-corrected chi connectivity index (χ1v) is 10.8. The van der Waals surface area contributed by atoms with Gasteiger partial charge < -0.3 is 14.8 Å². The summed E-state index contributed by atoms with van der Waals surface area (Å²) in [5.74, 6) is -0.388. The van der Waals surface area contributed by atoms with E-state index in [1.165, 1.54) is 0 Å². The summed E-state index contributed by atoms with van der Waals surface area (Å²) in [6.07, 6.45) is 0. The molecule has 0 spiro atoms. The summed E-state index contributed by atoms with van der Waals surface area (Å²) >= 11 is 5.94. The molecule has 3 aromatic carbocycles. The van der Waals surface area contributed by atoms with E-state index in [-0.39, 0.29) is 24.4 Å². The highest BCUT2D eigenvalue weighted by Gasteiger charge is 2.40. The number of anilines is 1. The molecule has 32 heavy (non-hydrogen) atoms. The normalized spacial score (nSPS) is 15.3. The Morgan fingerprint density at radius 2 is 1.69 bits per heavy atom. The number of aromatic nitrogens is 1. The van der Waals surface area contributed by atoms with Crippen molar-refractivity contribution < 1.29 is 9.59 Å². The molecule has 1 atom stereocenters. The number of nitrogens with one attached hydrogen (secondary N) is 1. The number of aryl methyl sites for hydroxylation is 1. The zero-order chi connectivity index (χ0) is 22.4. The highest BCUT2D eigenvalue weighted by molar-refractivity contribution is 6.30. The molecule has 1 aliphatic rings. The maximum absolute atomic E-state index is 13.4. The lowest BCUT2D eigenvalue weighted by Gasteiger charge is -2.26. The number of carbonyl (C=O) groups excluding carboxylic acids is 2. The lowest BCUT2D eigenvalue weighted by Crippen LogP contribution is -2.36. The molecule has 0 saturated heterocycles. The van der Waals surface area contributed by atoms with Crippen molar-refractivity contribution in [3.63, 3.8) is 0 Å². The van der Waals surface area contributed by atoms with Crippen molar-refractivity contribution in [2.24, 2.45) is 7.05 Å². The Morgan fingerprint density at radius 3 is 2.47 bits per heavy atom. The number of rotatable bonds is 4. The Labute approximate surface area is 191 Å². The molecule has 4 aromatic rings. The van der Waals surface area contributed by atoms with E-state index in [2.05, 4.69) is 28.9 Å². The Kier molecular flexibility index (Phi) is 4.98. The molecule has 2 amide bonds. The molecule has 0 fully saturated rings. The van der Waals surface area contributed by atoms with Gasteiger partial charge in [-0.2, -0.15) is 0 Å². The number of benzene rings is 3. The van der Waals surface area contributed by atoms with E-state index >= 15 is 0 Å². The molecule has 1 N–H and O–H groups in total. The zero-order valence-electron chi connectivity index (χ0n) is 17.8. The molecule has 2 heterocycles. The minimum absolute atomic E-state index is 0.0521. The zero-order valence-corrected chi connectivity index (χ0v) is 18.6. The van der Waals surface area contributed by atoms with Gasteiger partial charge in [0.15, 0.2) is 0 Å². The summed E-state index contributed by atoms with van der Waals surface area (Å²) in [6, 6.07) is 22.4. The van der Waals surface area contributed by atoms with Gasteiger partial charge in [0.05, 0.1) is 6.04 Å². The fourth-order valence-corrected chi connectivity index (χ4v) is 4.75. The SMILES string of the molecule is Cc1c([C@@H]2c3ccccc3C(=O)N2CC(=O)Nc2ccc(Cl)cc2)c2ccccc2n1C. The van der Waals surface area contributed by atoms with E-state index in [1.807, 2.05) is 43.4 Å². The second-order valence-corrected chi connectivity index (χ2v) is 8.49. The first-order valence-electron chi connectivity index (χ1n) is 10.4. The fourth-order valence-electron chi connectivity index (χ4n) is 4.63. The molecule has 1 aliphatic heterocycles. The maximum atomic E-state index is 13.4. The van der Waals surface area contributed by atoms with Crippen LogP contribution in [0.1, 0.15) is 33.2 Å². The van der Waals surface area contributed by atoms with Crippen molar-refractivity contribution in [2.75, 3.05) is 11.9 Å². The number of para-hydroxylation sites is 1. The minimum Gasteiger partial charge on any atom is -0.348 e. The van der Waals surface area contributed by atoms with Gasteiger partial charge in [-0.15, -0.1) is 0 Å². The standard InChI is InChI=1S/C26H22ClN3O2/c1-16-24(21-9-5-6-10-22(21)29(16)2)25-19-7-3-4-8-20(19)26(32)30(25)15-23(31)28-18-13-11-17(27)12-14-18/h3-14,25H,15H2,1-2H3,(H,28,31)/t25-/m0/s1. The van der Waals surface area contributed by atoms with Gasteiger partial charge in [0.2, 0.25) is 5.91 Å². The van der Waals surface area contributed by atoms with Crippen LogP contribution < -0.4 is 5.32 Å². The van der Waals surface area contributed by atoms with Crippen molar-refractivity contribution >= 4 is 40.0 Å². The van der Waals surface area contributed by atoms with E-state index < -0.39 is 0 Å². The van der Waals surface area contributed by atoms with Crippen LogP contribution >= 0.6 is 11.6 Å². The predicted octanol–water partition coefficient (Wildman–Crippen LogP) is 5.32. The number of nitrogens with zero attached hydrogens (tertiary/aromatic N) is 2. The number of fused-ring (bicyclic) bond motifs is 2. The monoisotopic (exact) mass is 443 g/mol. The molecule has 1 aromatic heterocycles. The van der Waals surface area contributed by atoms with Crippen LogP contribution in [0.25, 0.3) is 10.9 Å². The van der Waals surface area contributed by atoms with E-state index in [1.54, 1.807) is 29.2 Å². The molecule has 160 valence electrons. The van der Waals surface area contributed by atoms with E-state index in [0.717, 1.165) is 27.7 Å². The third-order valence-corrected chi connectivity index (χ3v) is 6.47. The van der Waals surface area contributed by atoms with Crippen molar-refractivity contribution in [1.82, 2.24) is 9.47 Å². The Hall–Kier alpha value is -3.57. The van der Waals surface area contributed by atoms with Gasteiger partial charge >= 0.3 is 0 Å². The summed E-state index contributed by atoms with van der Waals surface area (Å²) in [5.41, 5.74) is 5.44. The quantitative estimate of drug-likeness (QED) is 0.464. The summed E-state index contributed by atoms with van der Waals surface area (Å²) in [5, 5.41) is 4.56. The van der Waals surface area contributed by atoms with Gasteiger partial charge in [0.1, 0.15) is 6.54 Å². The van der Waals surface area contributed by atoms with Crippen LogP contribution in [0, 0.1) is 6.92 Å². The largest absolute Gasteiger partial charge is 0.348 e. The first kappa shape index (κ1) is 20.3. The first-order chi connectivity index (χ1) is 15.5. The second kappa shape index (κ2) is 7.84. The number of hydrogen-bond acceptors (Lipinski definition) is 2. The minimum atomic E-state index is -0.333. The average molecular weight is 444 g/mol. The topological polar surface area (TPSA) is 54.3 Å². The van der Waals surface area contributed by atoms with Crippen LogP contribution in [-0.2, 0) is 11.8 Å². The van der Waals surface area contributed by atoms with E-state index in [4.69, 9.17) is 11.6 Å². The van der Waals surface area contributed by atoms with E-state index in [0.29, 0.717) is 16.3 Å². The Morgan fingerprint density at radius 1 is 1.00 bits per heavy atom. The molecule has 6 heteroatoms. The maximum Gasteiger partial charge on any atom is 0.255 e. The summed E-state index contributed by atoms with van der Waals surface area (Å²) in [4.78, 5) is 28.0. The lowest BCUT2D eigenvalue weighted by molar-refractivity contribution is -0.117. The third-order valence-electron chi connectivity index (χ3n) is 6.22. The number of carbonyl (C=O) groups is 2. The van der Waals surface area contributed by atoms with Crippen molar-refractivity contribution in [3.05, 3.63) is 100 Å². The lowest BCUT2D eigenvalue weighted by atomic mass is 9.95. The number of amides is 2. The fraction of sp³-hybridized carbons (Fsp3) is 0.154. The molecule has 0 unspecified atom stereocenters. The van der Waals surface area contributed by atoms with Crippen LogP contribution in [0.5, 0.6) is 0 Å². The number of halogens is 1. The molecular weight excluding hydrogens is 422 g/mol. The van der Waals surface area contributed by atoms with Gasteiger partial charge in [0, 0.05) is 45.5 Å². The molecule has 0 aliphatic carbocycles. The number of hydrogen-bond donors (Lipinski definition) is 1.